The Morgan fingerprint density at radius 2 is 1.85 bits per heavy atom. The molecule has 0 N–H and O–H groups in total. The lowest BCUT2D eigenvalue weighted by Crippen LogP contribution is -2.61. The van der Waals surface area contributed by atoms with Crippen LogP contribution in [0.1, 0.15) is 52.9 Å². The molecular weight excluding hydrogens is 346 g/mol. The van der Waals surface area contributed by atoms with E-state index in [-0.39, 0.29) is 23.3 Å². The van der Waals surface area contributed by atoms with Gasteiger partial charge < -0.3 is 24.2 Å². The maximum absolute atomic E-state index is 12.1. The molecule has 2 spiro atoms. The maximum Gasteiger partial charge on any atom is 0.410 e. The van der Waals surface area contributed by atoms with Gasteiger partial charge in [-0.3, -0.25) is 0 Å². The molecule has 3 aliphatic heterocycles. The van der Waals surface area contributed by atoms with Crippen molar-refractivity contribution in [2.24, 2.45) is 5.41 Å². The van der Waals surface area contributed by atoms with Crippen LogP contribution in [-0.2, 0) is 9.47 Å². The number of hydrogen-bond donors (Lipinski definition) is 0. The summed E-state index contributed by atoms with van der Waals surface area (Å²) in [5.41, 5.74) is -0.320. The predicted octanol–water partition coefficient (Wildman–Crippen LogP) is 2.69. The molecule has 0 radical (unpaired) electrons. The van der Waals surface area contributed by atoms with Crippen molar-refractivity contribution in [2.75, 3.05) is 39.8 Å². The van der Waals surface area contributed by atoms with Gasteiger partial charge >= 0.3 is 12.2 Å². The van der Waals surface area contributed by atoms with Gasteiger partial charge in [-0.1, -0.05) is 0 Å². The van der Waals surface area contributed by atoms with Crippen molar-refractivity contribution in [2.45, 2.75) is 70.1 Å². The lowest BCUT2D eigenvalue weighted by Gasteiger charge is -2.54. The van der Waals surface area contributed by atoms with Crippen molar-refractivity contribution < 1.29 is 19.1 Å². The summed E-state index contributed by atoms with van der Waals surface area (Å²) in [7, 11) is 1.84. The fourth-order valence-corrected chi connectivity index (χ4v) is 5.70. The average Bonchev–Trinajstić information content (AvgIpc) is 3.11. The monoisotopic (exact) mass is 379 g/mol. The van der Waals surface area contributed by atoms with Crippen molar-refractivity contribution in [3.8, 4) is 0 Å². The highest BCUT2D eigenvalue weighted by atomic mass is 16.6. The standard InChI is InChI=1S/C20H33N3O4/c1-5-26-17(25)23-9-6-19(14-23)12-15(13-19)22-10-7-20(8-11-22)18(2,3)21(4)16(24)27-20/h15H,5-14H2,1-4H3. The van der Waals surface area contributed by atoms with Crippen LogP contribution >= 0.6 is 0 Å². The second-order valence-electron chi connectivity index (χ2n) is 9.45. The van der Waals surface area contributed by atoms with Gasteiger partial charge in [-0.05, 0) is 45.4 Å². The Bertz CT molecular complexity index is 621. The van der Waals surface area contributed by atoms with Crippen molar-refractivity contribution >= 4 is 12.2 Å². The maximum atomic E-state index is 12.1. The van der Waals surface area contributed by atoms with Crippen LogP contribution in [0, 0.1) is 5.41 Å². The van der Waals surface area contributed by atoms with Crippen LogP contribution in [-0.4, -0.2) is 83.9 Å². The molecule has 3 heterocycles. The molecule has 0 aromatic heterocycles. The van der Waals surface area contributed by atoms with Gasteiger partial charge in [0, 0.05) is 52.1 Å². The third-order valence-corrected chi connectivity index (χ3v) is 7.93. The van der Waals surface area contributed by atoms with E-state index in [9.17, 15) is 9.59 Å². The molecule has 7 heteroatoms. The second kappa shape index (κ2) is 6.26. The molecule has 7 nitrogen and oxygen atoms in total. The van der Waals surface area contributed by atoms with Gasteiger partial charge in [-0.15, -0.1) is 0 Å². The summed E-state index contributed by atoms with van der Waals surface area (Å²) in [6, 6.07) is 0.599. The van der Waals surface area contributed by atoms with Gasteiger partial charge in [-0.25, -0.2) is 9.59 Å². The van der Waals surface area contributed by atoms with Crippen LogP contribution in [0.5, 0.6) is 0 Å². The first-order valence-electron chi connectivity index (χ1n) is 10.3. The largest absolute Gasteiger partial charge is 0.450 e. The number of rotatable bonds is 2. The molecule has 27 heavy (non-hydrogen) atoms. The molecule has 4 rings (SSSR count). The Morgan fingerprint density at radius 3 is 2.41 bits per heavy atom. The van der Waals surface area contributed by atoms with Crippen molar-refractivity contribution in [1.29, 1.82) is 0 Å². The van der Waals surface area contributed by atoms with Gasteiger partial charge in [0.2, 0.25) is 0 Å². The second-order valence-corrected chi connectivity index (χ2v) is 9.45. The van der Waals surface area contributed by atoms with E-state index in [1.165, 1.54) is 12.8 Å². The minimum Gasteiger partial charge on any atom is -0.450 e. The third-order valence-electron chi connectivity index (χ3n) is 7.93. The SMILES string of the molecule is CCOC(=O)N1CCC2(CC(N3CCC4(CC3)OC(=O)N(C)C4(C)C)C2)C1. The van der Waals surface area contributed by atoms with Crippen LogP contribution in [0.2, 0.25) is 0 Å². The number of piperidine rings is 1. The molecule has 2 amide bonds. The van der Waals surface area contributed by atoms with E-state index >= 15 is 0 Å². The van der Waals surface area contributed by atoms with Gasteiger partial charge in [0.1, 0.15) is 5.60 Å². The van der Waals surface area contributed by atoms with Gasteiger partial charge in [0.05, 0.1) is 12.1 Å². The summed E-state index contributed by atoms with van der Waals surface area (Å²) >= 11 is 0. The molecule has 4 aliphatic rings. The number of carbonyl (C=O) groups is 2. The molecule has 1 saturated carbocycles. The first-order valence-corrected chi connectivity index (χ1v) is 10.3. The van der Waals surface area contributed by atoms with E-state index < -0.39 is 0 Å². The van der Waals surface area contributed by atoms with Gasteiger partial charge in [0.15, 0.2) is 0 Å². The molecule has 0 atom stereocenters. The van der Waals surface area contributed by atoms with E-state index in [4.69, 9.17) is 9.47 Å². The molecule has 0 aromatic carbocycles. The highest BCUT2D eigenvalue weighted by Gasteiger charge is 2.60. The topological polar surface area (TPSA) is 62.3 Å². The zero-order valence-corrected chi connectivity index (χ0v) is 17.1. The normalized spacial score (nSPS) is 34.8. The summed E-state index contributed by atoms with van der Waals surface area (Å²) in [4.78, 5) is 30.3. The Morgan fingerprint density at radius 1 is 1.19 bits per heavy atom. The average molecular weight is 380 g/mol. The zero-order chi connectivity index (χ0) is 19.4. The predicted molar refractivity (Wildman–Crippen MR) is 101 cm³/mol. The highest BCUT2D eigenvalue weighted by Crippen LogP contribution is 2.52. The van der Waals surface area contributed by atoms with Crippen LogP contribution in [0.4, 0.5) is 9.59 Å². The van der Waals surface area contributed by atoms with Crippen LogP contribution in [0.25, 0.3) is 0 Å². The van der Waals surface area contributed by atoms with Crippen LogP contribution in [0.3, 0.4) is 0 Å². The number of carbonyl (C=O) groups excluding carboxylic acids is 2. The van der Waals surface area contributed by atoms with E-state index in [1.54, 1.807) is 4.90 Å². The summed E-state index contributed by atoms with van der Waals surface area (Å²) in [6.45, 7) is 10.2. The lowest BCUT2D eigenvalue weighted by molar-refractivity contribution is -0.0793. The Balaban J connectivity index is 1.30. The van der Waals surface area contributed by atoms with E-state index in [0.29, 0.717) is 18.1 Å². The molecule has 1 aliphatic carbocycles. The number of nitrogens with zero attached hydrogens (tertiary/aromatic N) is 3. The van der Waals surface area contributed by atoms with E-state index in [2.05, 4.69) is 18.7 Å². The number of likely N-dealkylation sites (N-methyl/N-ethyl adjacent to an activating group) is 1. The Kier molecular flexibility index (Phi) is 4.37. The summed E-state index contributed by atoms with van der Waals surface area (Å²) in [5, 5.41) is 0. The van der Waals surface area contributed by atoms with E-state index in [1.807, 2.05) is 18.9 Å². The Hall–Kier alpha value is -1.50. The summed E-state index contributed by atoms with van der Waals surface area (Å²) in [5.74, 6) is 0. The van der Waals surface area contributed by atoms with Crippen molar-refractivity contribution in [3.05, 3.63) is 0 Å². The fourth-order valence-electron chi connectivity index (χ4n) is 5.70. The van der Waals surface area contributed by atoms with Gasteiger partial charge in [-0.2, -0.15) is 0 Å². The van der Waals surface area contributed by atoms with Crippen LogP contribution in [0.15, 0.2) is 0 Å². The minimum atomic E-state index is -0.356. The summed E-state index contributed by atoms with van der Waals surface area (Å²) < 4.78 is 11.0. The smallest absolute Gasteiger partial charge is 0.410 e. The zero-order valence-electron chi connectivity index (χ0n) is 17.1. The number of likely N-dealkylation sites (tertiary alicyclic amines) is 2. The summed E-state index contributed by atoms with van der Waals surface area (Å²) in [6.07, 6.45) is 4.87. The molecular formula is C20H33N3O4. The third kappa shape index (κ3) is 2.80. The van der Waals surface area contributed by atoms with Gasteiger partial charge in [0.25, 0.3) is 0 Å². The molecule has 4 fully saturated rings. The van der Waals surface area contributed by atoms with Crippen LogP contribution < -0.4 is 0 Å². The lowest BCUT2D eigenvalue weighted by atomic mass is 9.63. The minimum absolute atomic E-state index is 0.160. The molecule has 0 bridgehead atoms. The quantitative estimate of drug-likeness (QED) is 0.738. The van der Waals surface area contributed by atoms with Crippen molar-refractivity contribution in [1.82, 2.24) is 14.7 Å². The number of amides is 2. The first-order chi connectivity index (χ1) is 12.7. The number of ether oxygens (including phenoxy) is 2. The molecule has 0 unspecified atom stereocenters. The first kappa shape index (κ1) is 18.8. The molecule has 152 valence electrons. The number of hydrogen-bond acceptors (Lipinski definition) is 5. The van der Waals surface area contributed by atoms with E-state index in [0.717, 1.165) is 45.4 Å². The highest BCUT2D eigenvalue weighted by molar-refractivity contribution is 5.72. The molecule has 0 aromatic rings. The Labute approximate surface area is 161 Å². The van der Waals surface area contributed by atoms with Crippen molar-refractivity contribution in [3.63, 3.8) is 0 Å². The molecule has 3 saturated heterocycles. The fraction of sp³-hybridized carbons (Fsp3) is 0.900.